The van der Waals surface area contributed by atoms with Crippen LogP contribution in [0.3, 0.4) is 0 Å². The smallest absolute Gasteiger partial charge is 0.229 e. The van der Waals surface area contributed by atoms with Gasteiger partial charge in [0.15, 0.2) is 5.82 Å². The van der Waals surface area contributed by atoms with Gasteiger partial charge in [0.2, 0.25) is 5.95 Å². The van der Waals surface area contributed by atoms with Gasteiger partial charge in [-0.3, -0.25) is 5.43 Å². The predicted molar refractivity (Wildman–Crippen MR) is 165 cm³/mol. The van der Waals surface area contributed by atoms with Gasteiger partial charge >= 0.3 is 0 Å². The minimum Gasteiger partial charge on any atom is -0.378 e. The number of benzene rings is 2. The molecule has 0 spiro atoms. The van der Waals surface area contributed by atoms with E-state index in [9.17, 15) is 0 Å². The summed E-state index contributed by atoms with van der Waals surface area (Å²) in [4.78, 5) is 14.1. The van der Waals surface area contributed by atoms with E-state index in [0.717, 1.165) is 49.5 Å². The van der Waals surface area contributed by atoms with Crippen LogP contribution in [-0.4, -0.2) is 73.4 Å². The first-order chi connectivity index (χ1) is 19.9. The van der Waals surface area contributed by atoms with Crippen molar-refractivity contribution in [1.82, 2.24) is 14.5 Å². The van der Waals surface area contributed by atoms with Gasteiger partial charge in [0.05, 0.1) is 32.6 Å². The number of hydrazone groups is 1. The Morgan fingerprint density at radius 1 is 0.878 bits per heavy atom. The molecule has 0 atom stereocenters. The van der Waals surface area contributed by atoms with Crippen LogP contribution in [-0.2, 0) is 21.4 Å². The van der Waals surface area contributed by atoms with Crippen molar-refractivity contribution in [3.05, 3.63) is 77.5 Å². The van der Waals surface area contributed by atoms with Gasteiger partial charge in [-0.25, -0.2) is 0 Å². The van der Waals surface area contributed by atoms with Gasteiger partial charge in [0.25, 0.3) is 0 Å². The van der Waals surface area contributed by atoms with E-state index in [1.165, 1.54) is 16.6 Å². The second kappa shape index (κ2) is 11.9. The van der Waals surface area contributed by atoms with Crippen molar-refractivity contribution >= 4 is 34.7 Å². The summed E-state index contributed by atoms with van der Waals surface area (Å²) >= 11 is 0. The zero-order chi connectivity index (χ0) is 28.2. The number of nitrogens with zero attached hydrogens (tertiary/aromatic N) is 6. The van der Waals surface area contributed by atoms with Crippen molar-refractivity contribution in [2.45, 2.75) is 32.7 Å². The fourth-order valence-corrected chi connectivity index (χ4v) is 5.32. The molecule has 4 aromatic rings. The van der Waals surface area contributed by atoms with Gasteiger partial charge in [-0.15, -0.1) is 0 Å². The summed E-state index contributed by atoms with van der Waals surface area (Å²) in [6, 6.07) is 19.4. The molecule has 0 bridgehead atoms. The van der Waals surface area contributed by atoms with Crippen molar-refractivity contribution < 1.29 is 9.47 Å². The molecule has 0 unspecified atom stereocenters. The summed E-state index contributed by atoms with van der Waals surface area (Å²) in [7, 11) is 0. The van der Waals surface area contributed by atoms with Gasteiger partial charge in [-0.05, 0) is 22.6 Å². The van der Waals surface area contributed by atoms with Crippen molar-refractivity contribution in [3.8, 4) is 0 Å². The molecule has 2 saturated heterocycles. The number of ether oxygens (including phenoxy) is 2. The van der Waals surface area contributed by atoms with E-state index in [2.05, 4.69) is 100 Å². The average Bonchev–Trinajstić information content (AvgIpc) is 3.35. The van der Waals surface area contributed by atoms with E-state index in [1.54, 1.807) is 0 Å². The third kappa shape index (κ3) is 6.36. The Morgan fingerprint density at radius 2 is 1.56 bits per heavy atom. The highest BCUT2D eigenvalue weighted by atomic mass is 16.5. The monoisotopic (exact) mass is 553 g/mol. The first-order valence-corrected chi connectivity index (χ1v) is 14.4. The third-order valence-electron chi connectivity index (χ3n) is 7.70. The highest BCUT2D eigenvalue weighted by Crippen LogP contribution is 2.25. The Balaban J connectivity index is 1.24. The Labute approximate surface area is 241 Å². The SMILES string of the molecule is CC(C)(C)c1ccc(Cn2cc(/C=N/Nc3cc(N4CCOCC4)nc(N4CCOCC4)n3)c3ccccc32)cc1. The largest absolute Gasteiger partial charge is 0.378 e. The summed E-state index contributed by atoms with van der Waals surface area (Å²) < 4.78 is 13.4. The molecule has 4 heterocycles. The molecule has 6 rings (SSSR count). The number of fused-ring (bicyclic) bond motifs is 1. The van der Waals surface area contributed by atoms with E-state index in [4.69, 9.17) is 19.4 Å². The molecule has 2 fully saturated rings. The highest BCUT2D eigenvalue weighted by Gasteiger charge is 2.20. The molecule has 2 aliphatic heterocycles. The maximum atomic E-state index is 5.55. The molecule has 0 amide bonds. The number of rotatable bonds is 7. The molecule has 9 heteroatoms. The molecule has 214 valence electrons. The normalized spacial score (nSPS) is 16.6. The van der Waals surface area contributed by atoms with E-state index in [1.807, 2.05) is 12.3 Å². The van der Waals surface area contributed by atoms with Crippen molar-refractivity contribution in [2.24, 2.45) is 5.10 Å². The predicted octanol–water partition coefficient (Wildman–Crippen LogP) is 4.90. The summed E-state index contributed by atoms with van der Waals surface area (Å²) in [5.74, 6) is 2.25. The fourth-order valence-electron chi connectivity index (χ4n) is 5.32. The summed E-state index contributed by atoms with van der Waals surface area (Å²) in [5, 5.41) is 5.79. The number of hydrogen-bond acceptors (Lipinski definition) is 8. The molecule has 2 aromatic heterocycles. The lowest BCUT2D eigenvalue weighted by Crippen LogP contribution is -2.39. The third-order valence-corrected chi connectivity index (χ3v) is 7.70. The molecule has 2 aromatic carbocycles. The van der Waals surface area contributed by atoms with Crippen molar-refractivity contribution in [1.29, 1.82) is 0 Å². The average molecular weight is 554 g/mol. The van der Waals surface area contributed by atoms with Crippen LogP contribution in [0, 0.1) is 0 Å². The molecular formula is C32H39N7O2. The number of hydrogen-bond donors (Lipinski definition) is 1. The number of anilines is 3. The van der Waals surface area contributed by atoms with E-state index in [0.29, 0.717) is 38.2 Å². The standard InChI is InChI=1S/C32H39N7O2/c1-32(2,3)26-10-8-24(9-11-26)22-39-23-25(27-6-4-5-7-28(27)39)21-33-36-29-20-30(37-12-16-40-17-13-37)35-31(34-29)38-14-18-41-19-15-38/h4-11,20-21,23H,12-19,22H2,1-3H3,(H,34,35,36)/b33-21+. The van der Waals surface area contributed by atoms with Crippen LogP contribution in [0.2, 0.25) is 0 Å². The van der Waals surface area contributed by atoms with Gasteiger partial charge in [0.1, 0.15) is 5.82 Å². The maximum absolute atomic E-state index is 5.55. The fraction of sp³-hybridized carbons (Fsp3) is 0.406. The molecule has 1 N–H and O–H groups in total. The molecule has 0 radical (unpaired) electrons. The zero-order valence-corrected chi connectivity index (χ0v) is 24.2. The molecule has 9 nitrogen and oxygen atoms in total. The lowest BCUT2D eigenvalue weighted by molar-refractivity contribution is 0.121. The van der Waals surface area contributed by atoms with E-state index >= 15 is 0 Å². The van der Waals surface area contributed by atoms with Gasteiger partial charge in [0, 0.05) is 61.5 Å². The minimum absolute atomic E-state index is 0.144. The Hall–Kier alpha value is -3.95. The summed E-state index contributed by atoms with van der Waals surface area (Å²) in [5.41, 5.74) is 8.18. The number of para-hydroxylation sites is 1. The van der Waals surface area contributed by atoms with Crippen molar-refractivity contribution in [2.75, 3.05) is 67.8 Å². The van der Waals surface area contributed by atoms with E-state index < -0.39 is 0 Å². The van der Waals surface area contributed by atoms with Crippen molar-refractivity contribution in [3.63, 3.8) is 0 Å². The van der Waals surface area contributed by atoms with Crippen LogP contribution in [0.4, 0.5) is 17.6 Å². The summed E-state index contributed by atoms with van der Waals surface area (Å²) in [6.45, 7) is 13.4. The molecule has 41 heavy (non-hydrogen) atoms. The first kappa shape index (κ1) is 27.2. The van der Waals surface area contributed by atoms with Gasteiger partial charge in [-0.2, -0.15) is 15.1 Å². The Kier molecular flexibility index (Phi) is 7.89. The maximum Gasteiger partial charge on any atom is 0.229 e. The van der Waals surface area contributed by atoms with Crippen LogP contribution in [0.15, 0.2) is 65.9 Å². The topological polar surface area (TPSA) is 80.0 Å². The Morgan fingerprint density at radius 3 is 2.27 bits per heavy atom. The minimum atomic E-state index is 0.144. The number of morpholine rings is 2. The van der Waals surface area contributed by atoms with Crippen LogP contribution in [0.1, 0.15) is 37.5 Å². The Bertz CT molecular complexity index is 1460. The van der Waals surface area contributed by atoms with Crippen LogP contribution in [0.25, 0.3) is 10.9 Å². The molecule has 0 saturated carbocycles. The highest BCUT2D eigenvalue weighted by molar-refractivity contribution is 5.99. The van der Waals surface area contributed by atoms with Gasteiger partial charge < -0.3 is 23.8 Å². The molecular weight excluding hydrogens is 514 g/mol. The number of aromatic nitrogens is 3. The summed E-state index contributed by atoms with van der Waals surface area (Å²) in [6.07, 6.45) is 4.05. The van der Waals surface area contributed by atoms with E-state index in [-0.39, 0.29) is 5.41 Å². The molecule has 2 aliphatic rings. The lowest BCUT2D eigenvalue weighted by atomic mass is 9.87. The zero-order valence-electron chi connectivity index (χ0n) is 24.2. The lowest BCUT2D eigenvalue weighted by Gasteiger charge is -2.31. The first-order valence-electron chi connectivity index (χ1n) is 14.4. The molecule has 0 aliphatic carbocycles. The van der Waals surface area contributed by atoms with Crippen LogP contribution < -0.4 is 15.2 Å². The second-order valence-corrected chi connectivity index (χ2v) is 11.7. The second-order valence-electron chi connectivity index (χ2n) is 11.7. The van der Waals surface area contributed by atoms with Crippen LogP contribution in [0.5, 0.6) is 0 Å². The number of nitrogens with one attached hydrogen (secondary N) is 1. The van der Waals surface area contributed by atoms with Gasteiger partial charge in [-0.1, -0.05) is 63.2 Å². The quantitative estimate of drug-likeness (QED) is 0.258. The van der Waals surface area contributed by atoms with Crippen LogP contribution >= 0.6 is 0 Å².